The van der Waals surface area contributed by atoms with Crippen LogP contribution in [0.3, 0.4) is 0 Å². The molecule has 4 heteroatoms. The molecule has 0 saturated heterocycles. The molecule has 1 aromatic carbocycles. The minimum atomic E-state index is -1.09. The third-order valence-corrected chi connectivity index (χ3v) is 4.50. The Labute approximate surface area is 111 Å². The van der Waals surface area contributed by atoms with Crippen LogP contribution in [0.15, 0.2) is 18.2 Å². The highest BCUT2D eigenvalue weighted by Crippen LogP contribution is 2.40. The molecular formula is C15H18FNO2. The monoisotopic (exact) mass is 263 g/mol. The van der Waals surface area contributed by atoms with E-state index in [1.807, 2.05) is 0 Å². The number of nitrogens with one attached hydrogen (secondary N) is 1. The van der Waals surface area contributed by atoms with Crippen molar-refractivity contribution in [2.24, 2.45) is 0 Å². The van der Waals surface area contributed by atoms with Crippen molar-refractivity contribution in [3.8, 4) is 0 Å². The maximum Gasteiger partial charge on any atom is 0.328 e. The number of fused-ring (bicyclic) bond motifs is 1. The lowest BCUT2D eigenvalue weighted by molar-refractivity contribution is -0.145. The molecule has 0 aromatic heterocycles. The summed E-state index contributed by atoms with van der Waals surface area (Å²) in [5.74, 6) is -1.17. The average Bonchev–Trinajstić information content (AvgIpc) is 2.99. The molecule has 102 valence electrons. The number of carboxylic acid groups (broad SMARTS) is 1. The fourth-order valence-electron chi connectivity index (χ4n) is 3.51. The van der Waals surface area contributed by atoms with Gasteiger partial charge in [0.2, 0.25) is 0 Å². The van der Waals surface area contributed by atoms with Crippen molar-refractivity contribution in [3.63, 3.8) is 0 Å². The molecule has 0 heterocycles. The summed E-state index contributed by atoms with van der Waals surface area (Å²) in [6, 6.07) is 5.01. The summed E-state index contributed by atoms with van der Waals surface area (Å²) in [7, 11) is 0. The van der Waals surface area contributed by atoms with Crippen LogP contribution in [0.1, 0.15) is 43.2 Å². The van der Waals surface area contributed by atoms with Crippen molar-refractivity contribution < 1.29 is 14.3 Å². The van der Waals surface area contributed by atoms with Crippen LogP contribution >= 0.6 is 0 Å². The van der Waals surface area contributed by atoms with Gasteiger partial charge in [-0.2, -0.15) is 0 Å². The highest BCUT2D eigenvalue weighted by atomic mass is 19.1. The number of aliphatic carboxylic acids is 1. The lowest BCUT2D eigenvalue weighted by Gasteiger charge is -2.30. The van der Waals surface area contributed by atoms with Gasteiger partial charge in [0.25, 0.3) is 0 Å². The Bertz CT molecular complexity index is 511. The Morgan fingerprint density at radius 1 is 1.37 bits per heavy atom. The van der Waals surface area contributed by atoms with Crippen LogP contribution in [0.25, 0.3) is 0 Å². The topological polar surface area (TPSA) is 49.3 Å². The van der Waals surface area contributed by atoms with Crippen molar-refractivity contribution in [1.29, 1.82) is 0 Å². The van der Waals surface area contributed by atoms with Crippen LogP contribution in [-0.4, -0.2) is 17.1 Å². The fourth-order valence-corrected chi connectivity index (χ4v) is 3.51. The smallest absolute Gasteiger partial charge is 0.328 e. The highest BCUT2D eigenvalue weighted by Gasteiger charge is 2.47. The summed E-state index contributed by atoms with van der Waals surface area (Å²) in [4.78, 5) is 11.8. The van der Waals surface area contributed by atoms with Crippen LogP contribution in [0, 0.1) is 5.82 Å². The number of carbonyl (C=O) groups is 1. The summed E-state index contributed by atoms with van der Waals surface area (Å²) in [6.45, 7) is 0. The third kappa shape index (κ3) is 1.94. The number of rotatable bonds is 3. The predicted octanol–water partition coefficient (Wildman–Crippen LogP) is 2.58. The Morgan fingerprint density at radius 3 is 2.79 bits per heavy atom. The first-order valence-corrected chi connectivity index (χ1v) is 6.92. The fraction of sp³-hybridized carbons (Fsp3) is 0.533. The van der Waals surface area contributed by atoms with Crippen LogP contribution in [-0.2, 0) is 16.8 Å². The van der Waals surface area contributed by atoms with Crippen LogP contribution in [0.2, 0.25) is 0 Å². The van der Waals surface area contributed by atoms with Gasteiger partial charge in [0.15, 0.2) is 0 Å². The van der Waals surface area contributed by atoms with Crippen molar-refractivity contribution >= 4 is 5.97 Å². The third-order valence-electron chi connectivity index (χ3n) is 4.50. The van der Waals surface area contributed by atoms with Gasteiger partial charge in [-0.15, -0.1) is 0 Å². The molecule has 1 saturated carbocycles. The van der Waals surface area contributed by atoms with E-state index in [4.69, 9.17) is 0 Å². The zero-order valence-electron chi connectivity index (χ0n) is 10.8. The SMILES string of the molecule is O=C(O)C1(NC2CCCC2)CCc2c(F)cccc21. The number of carboxylic acids is 1. The molecule has 2 aliphatic carbocycles. The number of halogens is 1. The van der Waals surface area contributed by atoms with Gasteiger partial charge in [-0.3, -0.25) is 5.32 Å². The van der Waals surface area contributed by atoms with Crippen molar-refractivity contribution in [2.45, 2.75) is 50.1 Å². The van der Waals surface area contributed by atoms with Gasteiger partial charge in [-0.1, -0.05) is 25.0 Å². The van der Waals surface area contributed by atoms with Crippen molar-refractivity contribution in [3.05, 3.63) is 35.1 Å². The molecule has 1 atom stereocenters. The van der Waals surface area contributed by atoms with E-state index in [-0.39, 0.29) is 11.9 Å². The zero-order chi connectivity index (χ0) is 13.5. The van der Waals surface area contributed by atoms with Crippen LogP contribution in [0.4, 0.5) is 4.39 Å². The Kier molecular flexibility index (Phi) is 3.05. The second-order valence-corrected chi connectivity index (χ2v) is 5.60. The average molecular weight is 263 g/mol. The molecule has 2 N–H and O–H groups in total. The molecule has 0 spiro atoms. The van der Waals surface area contributed by atoms with E-state index in [2.05, 4.69) is 5.32 Å². The predicted molar refractivity (Wildman–Crippen MR) is 69.4 cm³/mol. The zero-order valence-corrected chi connectivity index (χ0v) is 10.8. The van der Waals surface area contributed by atoms with Gasteiger partial charge < -0.3 is 5.11 Å². The molecule has 2 aliphatic rings. The molecule has 0 bridgehead atoms. The molecule has 3 rings (SSSR count). The van der Waals surface area contributed by atoms with Gasteiger partial charge in [0.1, 0.15) is 11.4 Å². The standard InChI is InChI=1S/C15H18FNO2/c16-13-7-3-6-12-11(13)8-9-15(12,14(18)19)17-10-4-1-2-5-10/h3,6-7,10,17H,1-2,4-5,8-9H2,(H,18,19). The van der Waals surface area contributed by atoms with Crippen LogP contribution < -0.4 is 5.32 Å². The Hall–Kier alpha value is -1.42. The minimum Gasteiger partial charge on any atom is -0.480 e. The number of benzene rings is 1. The molecule has 3 nitrogen and oxygen atoms in total. The molecule has 1 unspecified atom stereocenters. The van der Waals surface area contributed by atoms with Crippen molar-refractivity contribution in [2.75, 3.05) is 0 Å². The second kappa shape index (κ2) is 4.60. The van der Waals surface area contributed by atoms with E-state index in [0.717, 1.165) is 25.7 Å². The normalized spacial score (nSPS) is 26.6. The van der Waals surface area contributed by atoms with E-state index in [1.54, 1.807) is 12.1 Å². The summed E-state index contributed by atoms with van der Waals surface area (Å²) < 4.78 is 13.8. The van der Waals surface area contributed by atoms with E-state index in [1.165, 1.54) is 6.07 Å². The van der Waals surface area contributed by atoms with Gasteiger partial charge in [0, 0.05) is 6.04 Å². The molecular weight excluding hydrogens is 245 g/mol. The van der Waals surface area contributed by atoms with E-state index in [0.29, 0.717) is 24.0 Å². The van der Waals surface area contributed by atoms with Gasteiger partial charge in [-0.25, -0.2) is 9.18 Å². The minimum absolute atomic E-state index is 0.241. The summed E-state index contributed by atoms with van der Waals surface area (Å²) in [5.41, 5.74) is 0.0918. The Morgan fingerprint density at radius 2 is 2.11 bits per heavy atom. The quantitative estimate of drug-likeness (QED) is 0.881. The van der Waals surface area contributed by atoms with Crippen LogP contribution in [0.5, 0.6) is 0 Å². The summed E-state index contributed by atoms with van der Waals surface area (Å²) >= 11 is 0. The lowest BCUT2D eigenvalue weighted by Crippen LogP contribution is -2.51. The maximum absolute atomic E-state index is 13.8. The van der Waals surface area contributed by atoms with E-state index < -0.39 is 11.5 Å². The van der Waals surface area contributed by atoms with Crippen molar-refractivity contribution in [1.82, 2.24) is 5.32 Å². The number of hydrogen-bond donors (Lipinski definition) is 2. The number of hydrogen-bond acceptors (Lipinski definition) is 2. The lowest BCUT2D eigenvalue weighted by atomic mass is 9.90. The first kappa shape index (κ1) is 12.6. The highest BCUT2D eigenvalue weighted by molar-refractivity contribution is 5.82. The molecule has 0 radical (unpaired) electrons. The summed E-state index contributed by atoms with van der Waals surface area (Å²) in [6.07, 6.45) is 5.25. The maximum atomic E-state index is 13.8. The van der Waals surface area contributed by atoms with Gasteiger partial charge in [0.05, 0.1) is 0 Å². The molecule has 0 amide bonds. The van der Waals surface area contributed by atoms with Gasteiger partial charge in [-0.05, 0) is 42.9 Å². The molecule has 19 heavy (non-hydrogen) atoms. The van der Waals surface area contributed by atoms with E-state index >= 15 is 0 Å². The van der Waals surface area contributed by atoms with E-state index in [9.17, 15) is 14.3 Å². The first-order chi connectivity index (χ1) is 9.13. The molecule has 1 aromatic rings. The largest absolute Gasteiger partial charge is 0.480 e. The summed E-state index contributed by atoms with van der Waals surface area (Å²) in [5, 5.41) is 13.0. The Balaban J connectivity index is 1.99. The molecule has 1 fully saturated rings. The van der Waals surface area contributed by atoms with Gasteiger partial charge >= 0.3 is 5.97 Å². The molecule has 0 aliphatic heterocycles. The first-order valence-electron chi connectivity index (χ1n) is 6.92. The second-order valence-electron chi connectivity index (χ2n) is 5.60.